The Balaban J connectivity index is 2.21. The van der Waals surface area contributed by atoms with Crippen molar-refractivity contribution in [1.82, 2.24) is 0 Å². The minimum absolute atomic E-state index is 0.397. The summed E-state index contributed by atoms with van der Waals surface area (Å²) in [6, 6.07) is 6.64. The first-order valence-corrected chi connectivity index (χ1v) is 7.49. The van der Waals surface area contributed by atoms with E-state index in [0.29, 0.717) is 19.1 Å². The maximum Gasteiger partial charge on any atom is 0.219 e. The van der Waals surface area contributed by atoms with Crippen LogP contribution >= 0.6 is 0 Å². The normalized spacial score (nSPS) is 22.4. The van der Waals surface area contributed by atoms with Crippen LogP contribution in [0.25, 0.3) is 0 Å². The van der Waals surface area contributed by atoms with E-state index in [1.165, 1.54) is 22.3 Å². The zero-order valence-corrected chi connectivity index (χ0v) is 12.5. The average Bonchev–Trinajstić information content (AvgIpc) is 2.71. The average molecular weight is 270 g/mol. The standard InChI is InChI=1S/C18H22O2/c1-4-19-18(20-5-2)16-9-7-6-8-14(16)15-11-10-13(3)12-17(15)18/h6-7,9-12,14H,4-5,8H2,1-3H3. The molecule has 0 aromatic heterocycles. The lowest BCUT2D eigenvalue weighted by molar-refractivity contribution is -0.213. The van der Waals surface area contributed by atoms with Crippen molar-refractivity contribution in [3.05, 3.63) is 58.7 Å². The van der Waals surface area contributed by atoms with Gasteiger partial charge in [0.2, 0.25) is 5.79 Å². The Labute approximate surface area is 121 Å². The number of rotatable bonds is 4. The second-order valence-electron chi connectivity index (χ2n) is 5.41. The Bertz CT molecular complexity index is 563. The van der Waals surface area contributed by atoms with Crippen molar-refractivity contribution < 1.29 is 9.47 Å². The fourth-order valence-corrected chi connectivity index (χ4v) is 3.45. The zero-order chi connectivity index (χ0) is 14.2. The van der Waals surface area contributed by atoms with Crippen LogP contribution in [0.2, 0.25) is 0 Å². The summed E-state index contributed by atoms with van der Waals surface area (Å²) >= 11 is 0. The van der Waals surface area contributed by atoms with Gasteiger partial charge in [-0.25, -0.2) is 0 Å². The summed E-state index contributed by atoms with van der Waals surface area (Å²) in [4.78, 5) is 0. The molecule has 106 valence electrons. The number of hydrogen-bond acceptors (Lipinski definition) is 2. The molecular formula is C18H22O2. The molecule has 2 aliphatic carbocycles. The highest BCUT2D eigenvalue weighted by molar-refractivity contribution is 5.55. The van der Waals surface area contributed by atoms with Crippen LogP contribution in [-0.4, -0.2) is 13.2 Å². The predicted octanol–water partition coefficient (Wildman–Crippen LogP) is 4.20. The second-order valence-corrected chi connectivity index (χ2v) is 5.41. The van der Waals surface area contributed by atoms with Crippen LogP contribution in [0, 0.1) is 6.92 Å². The van der Waals surface area contributed by atoms with Crippen LogP contribution in [0.1, 0.15) is 42.9 Å². The zero-order valence-electron chi connectivity index (χ0n) is 12.5. The van der Waals surface area contributed by atoms with Gasteiger partial charge in [-0.3, -0.25) is 0 Å². The van der Waals surface area contributed by atoms with E-state index in [4.69, 9.17) is 9.47 Å². The molecule has 20 heavy (non-hydrogen) atoms. The molecular weight excluding hydrogens is 248 g/mol. The van der Waals surface area contributed by atoms with Gasteiger partial charge in [0.05, 0.1) is 0 Å². The van der Waals surface area contributed by atoms with Crippen LogP contribution in [0.3, 0.4) is 0 Å². The topological polar surface area (TPSA) is 18.5 Å². The first-order chi connectivity index (χ1) is 9.73. The van der Waals surface area contributed by atoms with E-state index in [1.54, 1.807) is 0 Å². The molecule has 1 unspecified atom stereocenters. The molecule has 0 N–H and O–H groups in total. The third-order valence-corrected chi connectivity index (χ3v) is 4.17. The molecule has 3 rings (SSSR count). The van der Waals surface area contributed by atoms with Crippen molar-refractivity contribution in [2.45, 2.75) is 38.9 Å². The monoisotopic (exact) mass is 270 g/mol. The molecule has 0 aliphatic heterocycles. The van der Waals surface area contributed by atoms with Crippen LogP contribution in [0.5, 0.6) is 0 Å². The van der Waals surface area contributed by atoms with Gasteiger partial charge in [-0.05, 0) is 32.8 Å². The lowest BCUT2D eigenvalue weighted by Crippen LogP contribution is -2.33. The van der Waals surface area contributed by atoms with E-state index < -0.39 is 5.79 Å². The van der Waals surface area contributed by atoms with Crippen molar-refractivity contribution in [3.63, 3.8) is 0 Å². The molecule has 0 fully saturated rings. The number of aryl methyl sites for hydroxylation is 1. The van der Waals surface area contributed by atoms with Crippen LogP contribution in [-0.2, 0) is 15.3 Å². The van der Waals surface area contributed by atoms with Crippen LogP contribution < -0.4 is 0 Å². The largest absolute Gasteiger partial charge is 0.343 e. The van der Waals surface area contributed by atoms with Gasteiger partial charge in [0.25, 0.3) is 0 Å². The number of allylic oxidation sites excluding steroid dienone is 3. The van der Waals surface area contributed by atoms with Gasteiger partial charge in [0, 0.05) is 30.3 Å². The molecule has 1 aromatic rings. The quantitative estimate of drug-likeness (QED) is 0.763. The number of fused-ring (bicyclic) bond motifs is 3. The highest BCUT2D eigenvalue weighted by Crippen LogP contribution is 2.54. The maximum absolute atomic E-state index is 6.16. The Kier molecular flexibility index (Phi) is 3.53. The predicted molar refractivity (Wildman–Crippen MR) is 80.7 cm³/mol. The highest BCUT2D eigenvalue weighted by atomic mass is 16.7. The minimum Gasteiger partial charge on any atom is -0.343 e. The third-order valence-electron chi connectivity index (χ3n) is 4.17. The molecule has 2 nitrogen and oxygen atoms in total. The third kappa shape index (κ3) is 1.87. The molecule has 0 heterocycles. The molecule has 0 saturated heterocycles. The number of ether oxygens (including phenoxy) is 2. The van der Waals surface area contributed by atoms with Gasteiger partial charge in [-0.15, -0.1) is 0 Å². The fraction of sp³-hybridized carbons (Fsp3) is 0.444. The van der Waals surface area contributed by atoms with E-state index in [2.05, 4.69) is 43.4 Å². The molecule has 0 radical (unpaired) electrons. The Morgan fingerprint density at radius 2 is 1.95 bits per heavy atom. The van der Waals surface area contributed by atoms with Crippen molar-refractivity contribution in [1.29, 1.82) is 0 Å². The Morgan fingerprint density at radius 3 is 2.65 bits per heavy atom. The van der Waals surface area contributed by atoms with Gasteiger partial charge in [-0.1, -0.05) is 42.0 Å². The molecule has 0 spiro atoms. The molecule has 0 bridgehead atoms. The SMILES string of the molecule is CCOC1(OCC)C2=CC=CCC2c2ccc(C)cc21. The fourth-order valence-electron chi connectivity index (χ4n) is 3.45. The van der Waals surface area contributed by atoms with E-state index >= 15 is 0 Å². The first-order valence-electron chi connectivity index (χ1n) is 7.49. The summed E-state index contributed by atoms with van der Waals surface area (Å²) in [6.45, 7) is 7.46. The maximum atomic E-state index is 6.16. The van der Waals surface area contributed by atoms with Gasteiger partial charge in [-0.2, -0.15) is 0 Å². The van der Waals surface area contributed by atoms with E-state index in [9.17, 15) is 0 Å². The number of benzene rings is 1. The van der Waals surface area contributed by atoms with Crippen molar-refractivity contribution >= 4 is 0 Å². The molecule has 0 amide bonds. The van der Waals surface area contributed by atoms with Crippen LogP contribution in [0.15, 0.2) is 42.0 Å². The number of hydrogen-bond donors (Lipinski definition) is 0. The molecule has 2 aliphatic rings. The summed E-state index contributed by atoms with van der Waals surface area (Å²) in [5.74, 6) is -0.283. The molecule has 2 heteroatoms. The van der Waals surface area contributed by atoms with Crippen LogP contribution in [0.4, 0.5) is 0 Å². The minimum atomic E-state index is -0.680. The lowest BCUT2D eigenvalue weighted by Gasteiger charge is -2.33. The van der Waals surface area contributed by atoms with E-state index in [0.717, 1.165) is 6.42 Å². The van der Waals surface area contributed by atoms with E-state index in [1.807, 2.05) is 13.8 Å². The van der Waals surface area contributed by atoms with Gasteiger partial charge in [0.15, 0.2) is 0 Å². The van der Waals surface area contributed by atoms with Gasteiger partial charge < -0.3 is 9.47 Å². The van der Waals surface area contributed by atoms with E-state index in [-0.39, 0.29) is 0 Å². The van der Waals surface area contributed by atoms with Gasteiger partial charge in [0.1, 0.15) is 0 Å². The second kappa shape index (κ2) is 5.19. The van der Waals surface area contributed by atoms with Gasteiger partial charge >= 0.3 is 0 Å². The summed E-state index contributed by atoms with van der Waals surface area (Å²) in [7, 11) is 0. The van der Waals surface area contributed by atoms with Crippen molar-refractivity contribution in [2.24, 2.45) is 0 Å². The van der Waals surface area contributed by atoms with Crippen molar-refractivity contribution in [3.8, 4) is 0 Å². The summed E-state index contributed by atoms with van der Waals surface area (Å²) in [5, 5.41) is 0. The molecule has 0 saturated carbocycles. The Hall–Kier alpha value is -1.38. The smallest absolute Gasteiger partial charge is 0.219 e. The Morgan fingerprint density at radius 1 is 1.20 bits per heavy atom. The molecule has 1 atom stereocenters. The van der Waals surface area contributed by atoms with Crippen molar-refractivity contribution in [2.75, 3.05) is 13.2 Å². The highest BCUT2D eigenvalue weighted by Gasteiger charge is 2.50. The first kappa shape index (κ1) is 13.6. The molecule has 1 aromatic carbocycles. The summed E-state index contributed by atoms with van der Waals surface area (Å²) in [5.41, 5.74) is 5.05. The summed E-state index contributed by atoms with van der Waals surface area (Å²) < 4.78 is 12.3. The summed E-state index contributed by atoms with van der Waals surface area (Å²) in [6.07, 6.45) is 7.56. The lowest BCUT2D eigenvalue weighted by atomic mass is 9.89.